The van der Waals surface area contributed by atoms with Crippen LogP contribution in [0, 0.1) is 0 Å². The summed E-state index contributed by atoms with van der Waals surface area (Å²) in [7, 11) is 3.09. The van der Waals surface area contributed by atoms with Gasteiger partial charge in [-0.25, -0.2) is 0 Å². The van der Waals surface area contributed by atoms with Crippen molar-refractivity contribution < 1.29 is 24.2 Å². The quantitative estimate of drug-likeness (QED) is 0.404. The molecule has 0 aliphatic carbocycles. The Morgan fingerprint density at radius 3 is 1.97 bits per heavy atom. The lowest BCUT2D eigenvalue weighted by Crippen LogP contribution is -2.32. The number of aryl methyl sites for hydroxylation is 1. The highest BCUT2D eigenvalue weighted by molar-refractivity contribution is 6.30. The fraction of sp³-hybridized carbons (Fsp3) is 0.259. The molecule has 0 aromatic heterocycles. The molecule has 3 rings (SSSR count). The molecule has 0 heterocycles. The number of aliphatic carboxylic acids is 1. The second-order valence-electron chi connectivity index (χ2n) is 7.95. The molecule has 3 aromatic rings. The van der Waals surface area contributed by atoms with Gasteiger partial charge in [0.2, 0.25) is 0 Å². The highest BCUT2D eigenvalue weighted by atomic mass is 35.5. The molecule has 34 heavy (non-hydrogen) atoms. The summed E-state index contributed by atoms with van der Waals surface area (Å²) in [6, 6.07) is 20.1. The van der Waals surface area contributed by atoms with Gasteiger partial charge in [0.1, 0.15) is 11.5 Å². The number of rotatable bonds is 11. The number of hydrogen-bond donors (Lipinski definition) is 1. The Bertz CT molecular complexity index is 1090. The van der Waals surface area contributed by atoms with Crippen molar-refractivity contribution in [3.8, 4) is 11.5 Å². The van der Waals surface area contributed by atoms with Crippen LogP contribution in [-0.2, 0) is 24.2 Å². The summed E-state index contributed by atoms with van der Waals surface area (Å²) in [5.41, 5.74) is 3.27. The van der Waals surface area contributed by atoms with Crippen LogP contribution < -0.4 is 9.47 Å². The average Bonchev–Trinajstić information content (AvgIpc) is 2.84. The molecule has 0 unspecified atom stereocenters. The Hall–Kier alpha value is -3.51. The van der Waals surface area contributed by atoms with E-state index < -0.39 is 5.97 Å². The molecule has 0 fully saturated rings. The zero-order valence-corrected chi connectivity index (χ0v) is 20.0. The van der Waals surface area contributed by atoms with Crippen LogP contribution in [0.15, 0.2) is 66.7 Å². The SMILES string of the molecule is COc1cc(OC)cc(C(=O)N(CCCc2ccc(Cl)cc2)Cc2ccc(CC(=O)O)cc2)c1. The van der Waals surface area contributed by atoms with Gasteiger partial charge in [0.05, 0.1) is 20.6 Å². The first-order valence-corrected chi connectivity index (χ1v) is 11.3. The van der Waals surface area contributed by atoms with E-state index in [9.17, 15) is 9.59 Å². The van der Waals surface area contributed by atoms with Crippen LogP contribution in [0.4, 0.5) is 0 Å². The average molecular weight is 482 g/mol. The molecule has 0 bridgehead atoms. The number of hydrogen-bond acceptors (Lipinski definition) is 4. The van der Waals surface area contributed by atoms with Crippen molar-refractivity contribution in [3.05, 3.63) is 94.0 Å². The zero-order chi connectivity index (χ0) is 24.5. The minimum absolute atomic E-state index is 0.0341. The van der Waals surface area contributed by atoms with E-state index in [1.807, 2.05) is 36.4 Å². The maximum Gasteiger partial charge on any atom is 0.307 e. The van der Waals surface area contributed by atoms with E-state index in [2.05, 4.69) is 0 Å². The third-order valence-corrected chi connectivity index (χ3v) is 5.70. The van der Waals surface area contributed by atoms with Crippen LogP contribution in [0.5, 0.6) is 11.5 Å². The summed E-state index contributed by atoms with van der Waals surface area (Å²) < 4.78 is 10.7. The third kappa shape index (κ3) is 7.25. The van der Waals surface area contributed by atoms with Crippen molar-refractivity contribution in [2.45, 2.75) is 25.8 Å². The van der Waals surface area contributed by atoms with Crippen molar-refractivity contribution in [1.82, 2.24) is 4.90 Å². The first kappa shape index (κ1) is 25.1. The number of nitrogens with zero attached hydrogens (tertiary/aromatic N) is 1. The van der Waals surface area contributed by atoms with Gasteiger partial charge in [-0.3, -0.25) is 9.59 Å². The molecule has 0 spiro atoms. The minimum Gasteiger partial charge on any atom is -0.497 e. The molecule has 0 saturated carbocycles. The molecule has 1 N–H and O–H groups in total. The van der Waals surface area contributed by atoms with Gasteiger partial charge in [-0.05, 0) is 53.8 Å². The largest absolute Gasteiger partial charge is 0.497 e. The summed E-state index contributed by atoms with van der Waals surface area (Å²) in [5.74, 6) is 0.0744. The number of benzene rings is 3. The molecular weight excluding hydrogens is 454 g/mol. The normalized spacial score (nSPS) is 10.6. The van der Waals surface area contributed by atoms with E-state index in [0.717, 1.165) is 29.5 Å². The van der Waals surface area contributed by atoms with Gasteiger partial charge < -0.3 is 19.5 Å². The van der Waals surface area contributed by atoms with E-state index in [1.165, 1.54) is 0 Å². The third-order valence-electron chi connectivity index (χ3n) is 5.44. The molecule has 3 aromatic carbocycles. The van der Waals surface area contributed by atoms with Crippen LogP contribution in [0.2, 0.25) is 5.02 Å². The second-order valence-corrected chi connectivity index (χ2v) is 8.38. The summed E-state index contributed by atoms with van der Waals surface area (Å²) in [5, 5.41) is 9.68. The van der Waals surface area contributed by atoms with Crippen molar-refractivity contribution in [2.75, 3.05) is 20.8 Å². The predicted octanol–water partition coefficient (Wildman–Crippen LogP) is 5.26. The molecular formula is C27H28ClNO5. The van der Waals surface area contributed by atoms with E-state index in [1.54, 1.807) is 49.5 Å². The second kappa shape index (κ2) is 12.1. The Morgan fingerprint density at radius 1 is 0.853 bits per heavy atom. The summed E-state index contributed by atoms with van der Waals surface area (Å²) >= 11 is 5.98. The van der Waals surface area contributed by atoms with Gasteiger partial charge in [-0.1, -0.05) is 48.0 Å². The number of halogens is 1. The monoisotopic (exact) mass is 481 g/mol. The lowest BCUT2D eigenvalue weighted by atomic mass is 10.1. The van der Waals surface area contributed by atoms with E-state index in [4.69, 9.17) is 26.2 Å². The van der Waals surface area contributed by atoms with Gasteiger partial charge in [0.15, 0.2) is 0 Å². The molecule has 0 radical (unpaired) electrons. The van der Waals surface area contributed by atoms with Crippen LogP contribution >= 0.6 is 11.6 Å². The Kier molecular flexibility index (Phi) is 8.93. The number of methoxy groups -OCH3 is 2. The molecule has 178 valence electrons. The zero-order valence-electron chi connectivity index (χ0n) is 19.3. The molecule has 0 aliphatic heterocycles. The summed E-state index contributed by atoms with van der Waals surface area (Å²) in [6.45, 7) is 0.935. The number of ether oxygens (including phenoxy) is 2. The maximum atomic E-state index is 13.5. The molecule has 1 amide bonds. The summed E-state index contributed by atoms with van der Waals surface area (Å²) in [6.07, 6.45) is 1.54. The van der Waals surface area contributed by atoms with Crippen LogP contribution in [-0.4, -0.2) is 42.6 Å². The van der Waals surface area contributed by atoms with Crippen LogP contribution in [0.1, 0.15) is 33.5 Å². The van der Waals surface area contributed by atoms with E-state index in [-0.39, 0.29) is 12.3 Å². The molecule has 0 saturated heterocycles. The van der Waals surface area contributed by atoms with Crippen molar-refractivity contribution >= 4 is 23.5 Å². The minimum atomic E-state index is -0.876. The fourth-order valence-corrected chi connectivity index (χ4v) is 3.77. The molecule has 6 nitrogen and oxygen atoms in total. The lowest BCUT2D eigenvalue weighted by molar-refractivity contribution is -0.136. The van der Waals surface area contributed by atoms with Gasteiger partial charge in [-0.2, -0.15) is 0 Å². The standard InChI is InChI=1S/C27H28ClNO5/c1-33-24-15-22(16-25(17-24)34-2)27(32)29(13-3-4-19-9-11-23(28)12-10-19)18-21-7-5-20(6-8-21)14-26(30)31/h5-12,15-17H,3-4,13-14,18H2,1-2H3,(H,30,31). The van der Waals surface area contributed by atoms with E-state index in [0.29, 0.717) is 35.2 Å². The number of amides is 1. The van der Waals surface area contributed by atoms with Crippen molar-refractivity contribution in [3.63, 3.8) is 0 Å². The van der Waals surface area contributed by atoms with Gasteiger partial charge in [0.25, 0.3) is 5.91 Å². The number of carboxylic acid groups (broad SMARTS) is 1. The highest BCUT2D eigenvalue weighted by Crippen LogP contribution is 2.24. The molecule has 0 aliphatic rings. The van der Waals surface area contributed by atoms with Crippen molar-refractivity contribution in [1.29, 1.82) is 0 Å². The van der Waals surface area contributed by atoms with E-state index >= 15 is 0 Å². The van der Waals surface area contributed by atoms with Gasteiger partial charge in [0, 0.05) is 29.7 Å². The van der Waals surface area contributed by atoms with Crippen LogP contribution in [0.25, 0.3) is 0 Å². The summed E-state index contributed by atoms with van der Waals surface area (Å²) in [4.78, 5) is 26.2. The first-order chi connectivity index (χ1) is 16.4. The molecule has 0 atom stereocenters. The van der Waals surface area contributed by atoms with Gasteiger partial charge >= 0.3 is 5.97 Å². The van der Waals surface area contributed by atoms with Gasteiger partial charge in [-0.15, -0.1) is 0 Å². The fourth-order valence-electron chi connectivity index (χ4n) is 3.65. The lowest BCUT2D eigenvalue weighted by Gasteiger charge is -2.24. The number of carboxylic acids is 1. The highest BCUT2D eigenvalue weighted by Gasteiger charge is 2.18. The maximum absolute atomic E-state index is 13.5. The number of carbonyl (C=O) groups excluding carboxylic acids is 1. The van der Waals surface area contributed by atoms with Crippen LogP contribution in [0.3, 0.4) is 0 Å². The molecule has 7 heteroatoms. The smallest absolute Gasteiger partial charge is 0.307 e. The Morgan fingerprint density at radius 2 is 1.41 bits per heavy atom. The predicted molar refractivity (Wildman–Crippen MR) is 132 cm³/mol. The Balaban J connectivity index is 1.79. The topological polar surface area (TPSA) is 76.1 Å². The van der Waals surface area contributed by atoms with Crippen molar-refractivity contribution in [2.24, 2.45) is 0 Å². The first-order valence-electron chi connectivity index (χ1n) is 10.9. The number of carbonyl (C=O) groups is 2. The Labute approximate surface area is 204 Å².